The molecule has 2 heterocycles. The number of aromatic amines is 1. The van der Waals surface area contributed by atoms with Gasteiger partial charge in [-0.15, -0.1) is 0 Å². The third-order valence-corrected chi connectivity index (χ3v) is 3.75. The maximum Gasteiger partial charge on any atom is 0.460 e. The molecule has 148 valence electrons. The third kappa shape index (κ3) is 3.12. The van der Waals surface area contributed by atoms with E-state index < -0.39 is 66.3 Å². The number of aliphatic hydroxyl groups excluding tert-OH is 2. The summed E-state index contributed by atoms with van der Waals surface area (Å²) in [4.78, 5) is 24.3. The number of hydrogen-bond acceptors (Lipinski definition) is 5. The monoisotopic (exact) mass is 396 g/mol. The number of aliphatic hydroxyl groups is 2. The van der Waals surface area contributed by atoms with Gasteiger partial charge in [-0.3, -0.25) is 14.3 Å². The van der Waals surface area contributed by atoms with Gasteiger partial charge < -0.3 is 14.9 Å². The molecule has 1 aliphatic rings. The second-order valence-corrected chi connectivity index (χ2v) is 5.47. The van der Waals surface area contributed by atoms with Crippen molar-refractivity contribution in [3.05, 3.63) is 32.6 Å². The number of rotatable bonds is 4. The van der Waals surface area contributed by atoms with E-state index in [0.717, 1.165) is 0 Å². The van der Waals surface area contributed by atoms with Gasteiger partial charge in [0, 0.05) is 12.6 Å². The van der Waals surface area contributed by atoms with E-state index in [1.54, 1.807) is 0 Å². The first-order valence-electron chi connectivity index (χ1n) is 6.86. The SMILES string of the molecule is O=c1[nH]c(=O)n([C@H]2C[C@H](O)[C@@H](CO)O2)cc1C(F)(F)C(F)(F)C(F)(F)F. The van der Waals surface area contributed by atoms with Crippen molar-refractivity contribution >= 4 is 0 Å². The third-order valence-electron chi connectivity index (χ3n) is 3.75. The number of nitrogens with zero attached hydrogens (tertiary/aromatic N) is 1. The molecule has 1 saturated heterocycles. The number of ether oxygens (including phenoxy) is 1. The average molecular weight is 396 g/mol. The van der Waals surface area contributed by atoms with E-state index in [0.29, 0.717) is 0 Å². The highest BCUT2D eigenvalue weighted by atomic mass is 19.4. The van der Waals surface area contributed by atoms with Crippen LogP contribution in [0.5, 0.6) is 0 Å². The lowest BCUT2D eigenvalue weighted by atomic mass is 10.0. The zero-order valence-electron chi connectivity index (χ0n) is 12.4. The molecule has 2 rings (SSSR count). The summed E-state index contributed by atoms with van der Waals surface area (Å²) in [6.07, 6.45) is -11.5. The number of alkyl halides is 7. The molecule has 0 radical (unpaired) electrons. The lowest BCUT2D eigenvalue weighted by Crippen LogP contribution is -2.53. The van der Waals surface area contributed by atoms with E-state index in [1.807, 2.05) is 0 Å². The highest BCUT2D eigenvalue weighted by molar-refractivity contribution is 5.18. The smallest absolute Gasteiger partial charge is 0.394 e. The molecule has 3 atom stereocenters. The predicted molar refractivity (Wildman–Crippen MR) is 67.8 cm³/mol. The van der Waals surface area contributed by atoms with Crippen molar-refractivity contribution in [2.24, 2.45) is 0 Å². The van der Waals surface area contributed by atoms with Gasteiger partial charge in [0.15, 0.2) is 0 Å². The van der Waals surface area contributed by atoms with Crippen LogP contribution in [0.25, 0.3) is 0 Å². The highest BCUT2D eigenvalue weighted by Crippen LogP contribution is 2.50. The average Bonchev–Trinajstić information content (AvgIpc) is 2.86. The molecule has 3 N–H and O–H groups in total. The van der Waals surface area contributed by atoms with Gasteiger partial charge in [-0.1, -0.05) is 0 Å². The van der Waals surface area contributed by atoms with E-state index in [2.05, 4.69) is 0 Å². The Bertz CT molecular complexity index is 787. The fourth-order valence-corrected chi connectivity index (χ4v) is 2.32. The molecule has 0 amide bonds. The largest absolute Gasteiger partial charge is 0.460 e. The van der Waals surface area contributed by atoms with Crippen molar-refractivity contribution in [1.29, 1.82) is 0 Å². The lowest BCUT2D eigenvalue weighted by Gasteiger charge is -2.28. The molecule has 1 aliphatic heterocycles. The Labute approximate surface area is 138 Å². The summed E-state index contributed by atoms with van der Waals surface area (Å²) >= 11 is 0. The van der Waals surface area contributed by atoms with Crippen LogP contribution in [0.4, 0.5) is 30.7 Å². The molecule has 7 nitrogen and oxygen atoms in total. The van der Waals surface area contributed by atoms with Crippen LogP contribution >= 0.6 is 0 Å². The second-order valence-electron chi connectivity index (χ2n) is 5.47. The first kappa shape index (κ1) is 20.4. The topological polar surface area (TPSA) is 105 Å². The Kier molecular flexibility index (Phi) is 4.98. The minimum absolute atomic E-state index is 0.135. The summed E-state index contributed by atoms with van der Waals surface area (Å²) in [5.41, 5.74) is -5.90. The van der Waals surface area contributed by atoms with E-state index in [4.69, 9.17) is 9.84 Å². The van der Waals surface area contributed by atoms with Crippen molar-refractivity contribution in [2.45, 2.75) is 42.9 Å². The van der Waals surface area contributed by atoms with Crippen LogP contribution < -0.4 is 11.2 Å². The number of nitrogens with one attached hydrogen (secondary N) is 1. The number of aromatic nitrogens is 2. The number of halogens is 7. The Morgan fingerprint density at radius 2 is 1.77 bits per heavy atom. The van der Waals surface area contributed by atoms with Crippen LogP contribution in [0.1, 0.15) is 18.2 Å². The van der Waals surface area contributed by atoms with E-state index in [1.165, 1.54) is 4.98 Å². The van der Waals surface area contributed by atoms with Gasteiger partial charge in [0.25, 0.3) is 5.56 Å². The van der Waals surface area contributed by atoms with E-state index in [9.17, 15) is 45.4 Å². The first-order chi connectivity index (χ1) is 11.7. The summed E-state index contributed by atoms with van der Waals surface area (Å²) in [6.45, 7) is -0.745. The standard InChI is InChI=1S/C12H11F7N2O5/c13-10(14,11(15,16)12(17,18)19)4-2-21(9(25)20-8(4)24)7-1-5(23)6(3-22)26-7/h2,5-7,22-23H,1,3H2,(H,20,24,25)/t5-,6+,7+/m0/s1. The normalized spacial score (nSPS) is 24.9. The summed E-state index contributed by atoms with van der Waals surface area (Å²) in [5.74, 6) is -12.6. The molecule has 14 heteroatoms. The van der Waals surface area contributed by atoms with Crippen molar-refractivity contribution in [2.75, 3.05) is 6.61 Å². The molecular formula is C12H11F7N2O5. The zero-order valence-corrected chi connectivity index (χ0v) is 12.4. The molecule has 0 saturated carbocycles. The van der Waals surface area contributed by atoms with Crippen LogP contribution in [-0.2, 0) is 10.7 Å². The maximum atomic E-state index is 13.8. The second kappa shape index (κ2) is 6.35. The minimum atomic E-state index is -6.67. The molecule has 0 unspecified atom stereocenters. The predicted octanol–water partition coefficient (Wildman–Crippen LogP) is 0.467. The molecule has 1 aromatic heterocycles. The van der Waals surface area contributed by atoms with Crippen LogP contribution in [0.2, 0.25) is 0 Å². The molecule has 26 heavy (non-hydrogen) atoms. The zero-order chi connectivity index (χ0) is 20.1. The fourth-order valence-electron chi connectivity index (χ4n) is 2.32. The molecule has 0 aromatic carbocycles. The van der Waals surface area contributed by atoms with Gasteiger partial charge in [-0.2, -0.15) is 30.7 Å². The van der Waals surface area contributed by atoms with Gasteiger partial charge in [0.2, 0.25) is 0 Å². The molecular weight excluding hydrogens is 385 g/mol. The van der Waals surface area contributed by atoms with Gasteiger partial charge in [-0.25, -0.2) is 4.79 Å². The van der Waals surface area contributed by atoms with Crippen molar-refractivity contribution in [3.8, 4) is 0 Å². The highest BCUT2D eigenvalue weighted by Gasteiger charge is 2.74. The summed E-state index contributed by atoms with van der Waals surface area (Å²) < 4.78 is 95.7. The van der Waals surface area contributed by atoms with Crippen LogP contribution in [0.3, 0.4) is 0 Å². The van der Waals surface area contributed by atoms with Gasteiger partial charge in [0.1, 0.15) is 17.9 Å². The summed E-state index contributed by atoms with van der Waals surface area (Å²) in [5, 5.41) is 18.5. The molecule has 1 fully saturated rings. The van der Waals surface area contributed by atoms with Crippen LogP contribution in [0, 0.1) is 0 Å². The Morgan fingerprint density at radius 1 is 1.19 bits per heavy atom. The van der Waals surface area contributed by atoms with Crippen LogP contribution in [0.15, 0.2) is 15.8 Å². The van der Waals surface area contributed by atoms with E-state index >= 15 is 0 Å². The van der Waals surface area contributed by atoms with Gasteiger partial charge in [-0.05, 0) is 0 Å². The molecule has 1 aromatic rings. The molecule has 0 aliphatic carbocycles. The lowest BCUT2D eigenvalue weighted by molar-refractivity contribution is -0.360. The van der Waals surface area contributed by atoms with Gasteiger partial charge in [0.05, 0.1) is 12.7 Å². The maximum absolute atomic E-state index is 13.8. The van der Waals surface area contributed by atoms with E-state index in [-0.39, 0.29) is 10.8 Å². The molecule has 0 spiro atoms. The summed E-state index contributed by atoms with van der Waals surface area (Å²) in [7, 11) is 0. The number of H-pyrrole nitrogens is 1. The Morgan fingerprint density at radius 3 is 2.23 bits per heavy atom. The van der Waals surface area contributed by atoms with Crippen molar-refractivity contribution < 1.29 is 45.7 Å². The minimum Gasteiger partial charge on any atom is -0.394 e. The molecule has 0 bridgehead atoms. The van der Waals surface area contributed by atoms with Gasteiger partial charge >= 0.3 is 23.7 Å². The quantitative estimate of drug-likeness (QED) is 0.642. The Balaban J connectivity index is 2.56. The Hall–Kier alpha value is -1.93. The summed E-state index contributed by atoms with van der Waals surface area (Å²) in [6, 6.07) is 0. The van der Waals surface area contributed by atoms with Crippen molar-refractivity contribution in [3.63, 3.8) is 0 Å². The fraction of sp³-hybridized carbons (Fsp3) is 0.667. The first-order valence-corrected chi connectivity index (χ1v) is 6.86. The van der Waals surface area contributed by atoms with Crippen LogP contribution in [-0.4, -0.2) is 50.7 Å². The number of hydrogen-bond donors (Lipinski definition) is 3. The van der Waals surface area contributed by atoms with Crippen molar-refractivity contribution in [1.82, 2.24) is 9.55 Å².